The third-order valence-corrected chi connectivity index (χ3v) is 3.03. The minimum absolute atomic E-state index is 0.0225. The topological polar surface area (TPSA) is 32.3 Å². The van der Waals surface area contributed by atoms with Gasteiger partial charge in [0.05, 0.1) is 6.61 Å². The molecule has 0 saturated carbocycles. The van der Waals surface area contributed by atoms with Crippen molar-refractivity contribution in [2.45, 2.75) is 19.0 Å². The van der Waals surface area contributed by atoms with Gasteiger partial charge in [-0.15, -0.1) is 0 Å². The molecule has 2 aromatic rings. The van der Waals surface area contributed by atoms with Crippen LogP contribution < -0.4 is 5.32 Å². The van der Waals surface area contributed by atoms with Crippen molar-refractivity contribution in [1.29, 1.82) is 0 Å². The maximum absolute atomic E-state index is 13.0. The molecule has 1 atom stereocenters. The van der Waals surface area contributed by atoms with Gasteiger partial charge >= 0.3 is 0 Å². The van der Waals surface area contributed by atoms with Gasteiger partial charge < -0.3 is 10.4 Å². The van der Waals surface area contributed by atoms with Crippen molar-refractivity contribution < 1.29 is 9.50 Å². The second-order valence-corrected chi connectivity index (χ2v) is 4.58. The minimum Gasteiger partial charge on any atom is -0.395 e. The van der Waals surface area contributed by atoms with Crippen LogP contribution in [0.4, 0.5) is 4.39 Å². The van der Waals surface area contributed by atoms with Crippen LogP contribution in [-0.2, 0) is 13.0 Å². The molecule has 0 spiro atoms. The van der Waals surface area contributed by atoms with E-state index >= 15 is 0 Å². The number of hydrogen-bond donors (Lipinski definition) is 2. The van der Waals surface area contributed by atoms with E-state index in [1.807, 2.05) is 36.4 Å². The molecule has 0 unspecified atom stereocenters. The summed E-state index contributed by atoms with van der Waals surface area (Å²) in [6.07, 6.45) is 0.757. The number of nitrogens with one attached hydrogen (secondary N) is 1. The highest BCUT2D eigenvalue weighted by atomic mass is 19.1. The largest absolute Gasteiger partial charge is 0.395 e. The van der Waals surface area contributed by atoms with Crippen molar-refractivity contribution in [2.75, 3.05) is 6.61 Å². The maximum atomic E-state index is 13.0. The Balaban J connectivity index is 1.89. The van der Waals surface area contributed by atoms with E-state index in [1.165, 1.54) is 17.7 Å². The van der Waals surface area contributed by atoms with Crippen LogP contribution in [0.3, 0.4) is 0 Å². The Morgan fingerprint density at radius 2 is 1.74 bits per heavy atom. The van der Waals surface area contributed by atoms with E-state index in [2.05, 4.69) is 5.32 Å². The van der Waals surface area contributed by atoms with E-state index < -0.39 is 0 Å². The zero-order valence-corrected chi connectivity index (χ0v) is 10.7. The normalized spacial score (nSPS) is 12.3. The molecule has 3 heteroatoms. The van der Waals surface area contributed by atoms with Crippen molar-refractivity contribution in [1.82, 2.24) is 5.32 Å². The van der Waals surface area contributed by atoms with Crippen LogP contribution in [0.15, 0.2) is 54.6 Å². The van der Waals surface area contributed by atoms with Crippen LogP contribution in [0.1, 0.15) is 11.1 Å². The van der Waals surface area contributed by atoms with Gasteiger partial charge in [0.1, 0.15) is 5.82 Å². The SMILES string of the molecule is OC[C@@H](Cc1ccccc1)NCc1cccc(F)c1. The van der Waals surface area contributed by atoms with E-state index in [0.717, 1.165) is 12.0 Å². The number of halogens is 1. The van der Waals surface area contributed by atoms with Crippen molar-refractivity contribution in [3.8, 4) is 0 Å². The molecule has 0 aliphatic heterocycles. The van der Waals surface area contributed by atoms with Crippen LogP contribution in [0.25, 0.3) is 0 Å². The second kappa shape index (κ2) is 7.02. The lowest BCUT2D eigenvalue weighted by Gasteiger charge is -2.16. The minimum atomic E-state index is -0.233. The fourth-order valence-electron chi connectivity index (χ4n) is 2.01. The Hall–Kier alpha value is -1.71. The van der Waals surface area contributed by atoms with Crippen molar-refractivity contribution >= 4 is 0 Å². The van der Waals surface area contributed by atoms with Gasteiger partial charge in [-0.2, -0.15) is 0 Å². The second-order valence-electron chi connectivity index (χ2n) is 4.58. The maximum Gasteiger partial charge on any atom is 0.123 e. The Kier molecular flexibility index (Phi) is 5.07. The number of benzene rings is 2. The summed E-state index contributed by atoms with van der Waals surface area (Å²) in [6.45, 7) is 0.611. The summed E-state index contributed by atoms with van der Waals surface area (Å²) >= 11 is 0. The van der Waals surface area contributed by atoms with E-state index in [-0.39, 0.29) is 18.5 Å². The molecule has 2 aromatic carbocycles. The monoisotopic (exact) mass is 259 g/mol. The predicted molar refractivity (Wildman–Crippen MR) is 74.3 cm³/mol. The number of aliphatic hydroxyl groups excluding tert-OH is 1. The third kappa shape index (κ3) is 4.47. The van der Waals surface area contributed by atoms with Gasteiger partial charge in [-0.1, -0.05) is 42.5 Å². The Bertz CT molecular complexity index is 501. The fourth-order valence-corrected chi connectivity index (χ4v) is 2.01. The van der Waals surface area contributed by atoms with Crippen LogP contribution >= 0.6 is 0 Å². The first-order chi connectivity index (χ1) is 9.28. The summed E-state index contributed by atoms with van der Waals surface area (Å²) in [5.74, 6) is -0.233. The first-order valence-corrected chi connectivity index (χ1v) is 6.40. The summed E-state index contributed by atoms with van der Waals surface area (Å²) in [5, 5.41) is 12.6. The molecule has 100 valence electrons. The molecule has 2 N–H and O–H groups in total. The quantitative estimate of drug-likeness (QED) is 0.835. The van der Waals surface area contributed by atoms with Crippen LogP contribution in [-0.4, -0.2) is 17.8 Å². The van der Waals surface area contributed by atoms with Crippen LogP contribution in [0.5, 0.6) is 0 Å². The highest BCUT2D eigenvalue weighted by molar-refractivity contribution is 5.17. The standard InChI is InChI=1S/C16H18FNO/c17-15-8-4-7-14(9-15)11-18-16(12-19)10-13-5-2-1-3-6-13/h1-9,16,18-19H,10-12H2/t16-/m1/s1. The average Bonchev–Trinajstić information content (AvgIpc) is 2.44. The predicted octanol–water partition coefficient (Wildman–Crippen LogP) is 2.52. The Labute approximate surface area is 112 Å². The van der Waals surface area contributed by atoms with Gasteiger partial charge in [-0.25, -0.2) is 4.39 Å². The first kappa shape index (κ1) is 13.7. The van der Waals surface area contributed by atoms with Gasteiger partial charge in [-0.05, 0) is 29.7 Å². The Morgan fingerprint density at radius 1 is 1.00 bits per heavy atom. The number of aliphatic hydroxyl groups is 1. The van der Waals surface area contributed by atoms with E-state index in [0.29, 0.717) is 6.54 Å². The van der Waals surface area contributed by atoms with Crippen molar-refractivity contribution in [3.63, 3.8) is 0 Å². The highest BCUT2D eigenvalue weighted by Crippen LogP contribution is 2.06. The van der Waals surface area contributed by atoms with Crippen molar-refractivity contribution in [3.05, 3.63) is 71.5 Å². The lowest BCUT2D eigenvalue weighted by atomic mass is 10.1. The van der Waals surface area contributed by atoms with Crippen LogP contribution in [0.2, 0.25) is 0 Å². The fraction of sp³-hybridized carbons (Fsp3) is 0.250. The zero-order chi connectivity index (χ0) is 13.5. The summed E-state index contributed by atoms with van der Waals surface area (Å²) in [6, 6.07) is 16.5. The molecule has 2 nitrogen and oxygen atoms in total. The van der Waals surface area contributed by atoms with Crippen LogP contribution in [0, 0.1) is 5.82 Å². The molecule has 0 aliphatic carbocycles. The molecule has 0 aromatic heterocycles. The first-order valence-electron chi connectivity index (χ1n) is 6.40. The Morgan fingerprint density at radius 3 is 2.42 bits per heavy atom. The third-order valence-electron chi connectivity index (χ3n) is 3.03. The highest BCUT2D eigenvalue weighted by Gasteiger charge is 2.07. The molecule has 0 amide bonds. The zero-order valence-electron chi connectivity index (χ0n) is 10.7. The lowest BCUT2D eigenvalue weighted by Crippen LogP contribution is -2.34. The van der Waals surface area contributed by atoms with Gasteiger partial charge in [0.25, 0.3) is 0 Å². The van der Waals surface area contributed by atoms with E-state index in [9.17, 15) is 9.50 Å². The average molecular weight is 259 g/mol. The van der Waals surface area contributed by atoms with Crippen molar-refractivity contribution in [2.24, 2.45) is 0 Å². The lowest BCUT2D eigenvalue weighted by molar-refractivity contribution is 0.241. The molecule has 19 heavy (non-hydrogen) atoms. The summed E-state index contributed by atoms with van der Waals surface area (Å²) in [7, 11) is 0. The smallest absolute Gasteiger partial charge is 0.123 e. The molecular formula is C16H18FNO. The van der Waals surface area contributed by atoms with Gasteiger partial charge in [0.15, 0.2) is 0 Å². The molecular weight excluding hydrogens is 241 g/mol. The molecule has 0 fully saturated rings. The summed E-state index contributed by atoms with van der Waals surface area (Å²) in [4.78, 5) is 0. The molecule has 0 aliphatic rings. The van der Waals surface area contributed by atoms with Gasteiger partial charge in [0.2, 0.25) is 0 Å². The van der Waals surface area contributed by atoms with E-state index in [1.54, 1.807) is 6.07 Å². The molecule has 0 bridgehead atoms. The number of rotatable bonds is 6. The molecule has 0 radical (unpaired) electrons. The molecule has 0 saturated heterocycles. The molecule has 2 rings (SSSR count). The van der Waals surface area contributed by atoms with Gasteiger partial charge in [0, 0.05) is 12.6 Å². The number of hydrogen-bond acceptors (Lipinski definition) is 2. The molecule has 0 heterocycles. The summed E-state index contributed by atoms with van der Waals surface area (Å²) < 4.78 is 13.0. The van der Waals surface area contributed by atoms with E-state index in [4.69, 9.17) is 0 Å². The van der Waals surface area contributed by atoms with Gasteiger partial charge in [-0.3, -0.25) is 0 Å². The summed E-state index contributed by atoms with van der Waals surface area (Å²) in [5.41, 5.74) is 2.06.